The van der Waals surface area contributed by atoms with Gasteiger partial charge in [-0.1, -0.05) is 15.9 Å². The minimum Gasteiger partial charge on any atom is -0.497 e. The number of allylic oxidation sites excluding steroid dienone is 1. The molecule has 2 aromatic carbocycles. The summed E-state index contributed by atoms with van der Waals surface area (Å²) in [4.78, 5) is 12.3. The molecule has 0 saturated carbocycles. The fraction of sp³-hybridized carbons (Fsp3) is 0.105. The van der Waals surface area contributed by atoms with E-state index in [1.54, 1.807) is 37.5 Å². The van der Waals surface area contributed by atoms with Crippen LogP contribution in [0.1, 0.15) is 15.9 Å². The molecule has 3 nitrogen and oxygen atoms in total. The number of ether oxygens (including phenoxy) is 1. The molecule has 0 aliphatic heterocycles. The Morgan fingerprint density at radius 2 is 1.91 bits per heavy atom. The number of fused-ring (bicyclic) bond motifs is 1. The fourth-order valence-electron chi connectivity index (χ4n) is 2.54. The van der Waals surface area contributed by atoms with E-state index in [0.29, 0.717) is 5.56 Å². The fourth-order valence-corrected chi connectivity index (χ4v) is 2.91. The molecule has 0 N–H and O–H groups in total. The molecule has 4 heteroatoms. The third-order valence-corrected chi connectivity index (χ3v) is 4.26. The van der Waals surface area contributed by atoms with Crippen LogP contribution in [-0.2, 0) is 7.05 Å². The first kappa shape index (κ1) is 15.6. The van der Waals surface area contributed by atoms with E-state index < -0.39 is 0 Å². The first-order chi connectivity index (χ1) is 11.1. The second-order valence-electron chi connectivity index (χ2n) is 5.28. The third-order valence-electron chi connectivity index (χ3n) is 3.77. The molecular formula is C19H16BrNO2. The quantitative estimate of drug-likeness (QED) is 0.486. The van der Waals surface area contributed by atoms with Crippen molar-refractivity contribution in [2.75, 3.05) is 7.11 Å². The highest BCUT2D eigenvalue weighted by atomic mass is 79.9. The van der Waals surface area contributed by atoms with Crippen LogP contribution in [0.2, 0.25) is 0 Å². The Balaban J connectivity index is 1.90. The van der Waals surface area contributed by atoms with Crippen LogP contribution in [0.4, 0.5) is 0 Å². The Morgan fingerprint density at radius 3 is 2.61 bits per heavy atom. The summed E-state index contributed by atoms with van der Waals surface area (Å²) in [5.74, 6) is 0.712. The van der Waals surface area contributed by atoms with Gasteiger partial charge < -0.3 is 9.30 Å². The number of rotatable bonds is 4. The van der Waals surface area contributed by atoms with Gasteiger partial charge in [-0.05, 0) is 54.6 Å². The normalized spacial score (nSPS) is 11.3. The SMILES string of the molecule is COc1ccc(C(=O)/C=C/c2cn(C)c3ccc(Br)cc23)cc1. The van der Waals surface area contributed by atoms with Crippen molar-refractivity contribution in [1.82, 2.24) is 4.57 Å². The van der Waals surface area contributed by atoms with Gasteiger partial charge in [0.15, 0.2) is 5.78 Å². The first-order valence-corrected chi connectivity index (χ1v) is 7.99. The summed E-state index contributed by atoms with van der Waals surface area (Å²) in [6.07, 6.45) is 5.49. The van der Waals surface area contributed by atoms with Crippen molar-refractivity contribution in [1.29, 1.82) is 0 Å². The maximum atomic E-state index is 12.3. The molecule has 0 atom stereocenters. The van der Waals surface area contributed by atoms with Crippen LogP contribution in [0.15, 0.2) is 59.2 Å². The number of nitrogens with zero attached hydrogens (tertiary/aromatic N) is 1. The Kier molecular flexibility index (Phi) is 4.35. The van der Waals surface area contributed by atoms with Gasteiger partial charge in [-0.25, -0.2) is 0 Å². The lowest BCUT2D eigenvalue weighted by Gasteiger charge is -2.00. The van der Waals surface area contributed by atoms with E-state index in [0.717, 1.165) is 26.7 Å². The van der Waals surface area contributed by atoms with Crippen molar-refractivity contribution in [2.24, 2.45) is 7.05 Å². The Hall–Kier alpha value is -2.33. The lowest BCUT2D eigenvalue weighted by Crippen LogP contribution is -1.94. The number of aromatic nitrogens is 1. The van der Waals surface area contributed by atoms with Crippen molar-refractivity contribution in [3.8, 4) is 5.75 Å². The Labute approximate surface area is 143 Å². The van der Waals surface area contributed by atoms with E-state index in [4.69, 9.17) is 4.74 Å². The van der Waals surface area contributed by atoms with Gasteiger partial charge >= 0.3 is 0 Å². The summed E-state index contributed by atoms with van der Waals surface area (Å²) >= 11 is 3.49. The van der Waals surface area contributed by atoms with Crippen molar-refractivity contribution in [3.05, 3.63) is 70.3 Å². The molecule has 1 heterocycles. The van der Waals surface area contributed by atoms with Crippen LogP contribution >= 0.6 is 15.9 Å². The van der Waals surface area contributed by atoms with E-state index in [2.05, 4.69) is 32.6 Å². The number of hydrogen-bond acceptors (Lipinski definition) is 2. The molecule has 3 rings (SSSR count). The molecule has 0 amide bonds. The second kappa shape index (κ2) is 6.42. The zero-order valence-corrected chi connectivity index (χ0v) is 14.5. The van der Waals surface area contributed by atoms with Crippen LogP contribution in [-0.4, -0.2) is 17.5 Å². The summed E-state index contributed by atoms with van der Waals surface area (Å²) < 4.78 is 8.18. The lowest BCUT2D eigenvalue weighted by atomic mass is 10.1. The number of carbonyl (C=O) groups is 1. The van der Waals surface area contributed by atoms with Gasteiger partial charge in [-0.3, -0.25) is 4.79 Å². The van der Waals surface area contributed by atoms with Gasteiger partial charge in [0.05, 0.1) is 7.11 Å². The zero-order valence-electron chi connectivity index (χ0n) is 12.9. The number of aryl methyl sites for hydroxylation is 1. The molecule has 0 saturated heterocycles. The van der Waals surface area contributed by atoms with Gasteiger partial charge in [-0.15, -0.1) is 0 Å². The van der Waals surface area contributed by atoms with E-state index >= 15 is 0 Å². The van der Waals surface area contributed by atoms with E-state index in [-0.39, 0.29) is 5.78 Å². The van der Waals surface area contributed by atoms with Crippen molar-refractivity contribution < 1.29 is 9.53 Å². The number of ketones is 1. The minimum atomic E-state index is -0.0281. The van der Waals surface area contributed by atoms with Gasteiger partial charge in [0.25, 0.3) is 0 Å². The standard InChI is InChI=1S/C19H16BrNO2/c1-21-12-14(17-11-15(20)6-9-18(17)21)5-10-19(22)13-3-7-16(23-2)8-4-13/h3-12H,1-2H3/b10-5+. The number of benzene rings is 2. The van der Waals surface area contributed by atoms with Gasteiger partial charge in [0, 0.05) is 39.7 Å². The average molecular weight is 370 g/mol. The monoisotopic (exact) mass is 369 g/mol. The largest absolute Gasteiger partial charge is 0.497 e. The molecule has 23 heavy (non-hydrogen) atoms. The molecule has 0 unspecified atom stereocenters. The molecule has 1 aromatic heterocycles. The molecule has 0 radical (unpaired) electrons. The highest BCUT2D eigenvalue weighted by molar-refractivity contribution is 9.10. The van der Waals surface area contributed by atoms with Crippen LogP contribution in [0.25, 0.3) is 17.0 Å². The second-order valence-corrected chi connectivity index (χ2v) is 6.20. The van der Waals surface area contributed by atoms with Crippen LogP contribution < -0.4 is 4.74 Å². The van der Waals surface area contributed by atoms with E-state index in [1.807, 2.05) is 25.4 Å². The smallest absolute Gasteiger partial charge is 0.185 e. The average Bonchev–Trinajstić information content (AvgIpc) is 2.88. The van der Waals surface area contributed by atoms with E-state index in [9.17, 15) is 4.79 Å². The maximum absolute atomic E-state index is 12.3. The lowest BCUT2D eigenvalue weighted by molar-refractivity contribution is 0.104. The highest BCUT2D eigenvalue weighted by Gasteiger charge is 2.06. The molecule has 0 spiro atoms. The van der Waals surface area contributed by atoms with E-state index in [1.165, 1.54) is 0 Å². The Bertz CT molecular complexity index is 892. The topological polar surface area (TPSA) is 31.2 Å². The molecule has 0 aliphatic rings. The van der Waals surface area contributed by atoms with Gasteiger partial charge in [-0.2, -0.15) is 0 Å². The van der Waals surface area contributed by atoms with Crippen molar-refractivity contribution in [3.63, 3.8) is 0 Å². The number of carbonyl (C=O) groups excluding carboxylic acids is 1. The summed E-state index contributed by atoms with van der Waals surface area (Å²) in [6.45, 7) is 0. The molecule has 3 aromatic rings. The summed E-state index contributed by atoms with van der Waals surface area (Å²) in [6, 6.07) is 13.2. The first-order valence-electron chi connectivity index (χ1n) is 7.19. The summed E-state index contributed by atoms with van der Waals surface area (Å²) in [5.41, 5.74) is 2.79. The Morgan fingerprint density at radius 1 is 1.17 bits per heavy atom. The zero-order chi connectivity index (χ0) is 16.4. The van der Waals surface area contributed by atoms with Crippen LogP contribution in [0, 0.1) is 0 Å². The number of hydrogen-bond donors (Lipinski definition) is 0. The molecular weight excluding hydrogens is 354 g/mol. The maximum Gasteiger partial charge on any atom is 0.185 e. The van der Waals surface area contributed by atoms with Crippen LogP contribution in [0.3, 0.4) is 0 Å². The molecule has 116 valence electrons. The minimum absolute atomic E-state index is 0.0281. The molecule has 0 fully saturated rings. The van der Waals surface area contributed by atoms with Crippen molar-refractivity contribution in [2.45, 2.75) is 0 Å². The summed E-state index contributed by atoms with van der Waals surface area (Å²) in [7, 11) is 3.61. The van der Waals surface area contributed by atoms with Gasteiger partial charge in [0.2, 0.25) is 0 Å². The predicted molar refractivity (Wildman–Crippen MR) is 97.0 cm³/mol. The third kappa shape index (κ3) is 3.22. The number of halogens is 1. The number of methoxy groups -OCH3 is 1. The van der Waals surface area contributed by atoms with Gasteiger partial charge in [0.1, 0.15) is 5.75 Å². The molecule has 0 aliphatic carbocycles. The van der Waals surface area contributed by atoms with Crippen molar-refractivity contribution >= 4 is 38.7 Å². The van der Waals surface area contributed by atoms with Crippen LogP contribution in [0.5, 0.6) is 5.75 Å². The predicted octanol–water partition coefficient (Wildman–Crippen LogP) is 4.85. The highest BCUT2D eigenvalue weighted by Crippen LogP contribution is 2.25. The molecule has 0 bridgehead atoms. The summed E-state index contributed by atoms with van der Waals surface area (Å²) in [5, 5.41) is 1.11.